The van der Waals surface area contributed by atoms with Crippen molar-refractivity contribution in [3.63, 3.8) is 0 Å². The molecule has 0 unspecified atom stereocenters. The van der Waals surface area contributed by atoms with Crippen LogP contribution in [0.15, 0.2) is 24.3 Å². The topological polar surface area (TPSA) is 105 Å². The lowest BCUT2D eigenvalue weighted by Gasteiger charge is -2.30. The second kappa shape index (κ2) is 8.60. The Hall–Kier alpha value is -2.61. The third-order valence-electron chi connectivity index (χ3n) is 5.01. The van der Waals surface area contributed by atoms with Crippen molar-refractivity contribution in [2.75, 3.05) is 13.2 Å². The van der Waals surface area contributed by atoms with Crippen molar-refractivity contribution in [2.24, 2.45) is 0 Å². The Morgan fingerprint density at radius 2 is 1.82 bits per heavy atom. The molecule has 2 N–H and O–H groups in total. The first kappa shape index (κ1) is 20.1. The quantitative estimate of drug-likeness (QED) is 0.552. The fourth-order valence-corrected chi connectivity index (χ4v) is 3.61. The molecule has 0 radical (unpaired) electrons. The molecule has 1 heterocycles. The molecule has 0 bridgehead atoms. The molecule has 1 saturated carbocycles. The Morgan fingerprint density at radius 3 is 2.50 bits per heavy atom. The zero-order valence-electron chi connectivity index (χ0n) is 15.3. The number of nitrogens with zero attached hydrogens (tertiary/aromatic N) is 1. The molecule has 28 heavy (non-hydrogen) atoms. The summed E-state index contributed by atoms with van der Waals surface area (Å²) in [7, 11) is 0. The van der Waals surface area contributed by atoms with Gasteiger partial charge in [-0.2, -0.15) is 0 Å². The van der Waals surface area contributed by atoms with Gasteiger partial charge in [0.05, 0.1) is 0 Å². The predicted octanol–water partition coefficient (Wildman–Crippen LogP) is 1.75. The number of urea groups is 1. The van der Waals surface area contributed by atoms with Gasteiger partial charge in [-0.15, -0.1) is 0 Å². The molecule has 1 aliphatic carbocycles. The van der Waals surface area contributed by atoms with E-state index in [1.807, 2.05) is 0 Å². The zero-order chi connectivity index (χ0) is 20.1. The lowest BCUT2D eigenvalue weighted by Crippen LogP contribution is -2.48. The number of hydrogen-bond donors (Lipinski definition) is 2. The number of esters is 1. The molecule has 1 aliphatic heterocycles. The standard InChI is InChI=1S/C19H22ClN3O5/c20-14-6-4-13(5-7-14)10-21-15(24)12-28-16(25)11-23-17(26)19(22-18(23)27)8-2-1-3-9-19/h4-7H,1-3,8-12H2,(H,21,24)(H,22,27). The first-order chi connectivity index (χ1) is 13.4. The lowest BCUT2D eigenvalue weighted by molar-refractivity contribution is -0.151. The molecule has 1 aromatic rings. The summed E-state index contributed by atoms with van der Waals surface area (Å²) in [6, 6.07) is 6.37. The number of carbonyl (C=O) groups is 4. The van der Waals surface area contributed by atoms with Gasteiger partial charge < -0.3 is 15.4 Å². The maximum atomic E-state index is 12.6. The Bertz CT molecular complexity index is 774. The second-order valence-electron chi connectivity index (χ2n) is 7.03. The predicted molar refractivity (Wildman–Crippen MR) is 100 cm³/mol. The van der Waals surface area contributed by atoms with E-state index in [2.05, 4.69) is 10.6 Å². The molecule has 1 saturated heterocycles. The summed E-state index contributed by atoms with van der Waals surface area (Å²) < 4.78 is 4.90. The van der Waals surface area contributed by atoms with Crippen molar-refractivity contribution < 1.29 is 23.9 Å². The number of benzene rings is 1. The van der Waals surface area contributed by atoms with Crippen LogP contribution < -0.4 is 10.6 Å². The summed E-state index contributed by atoms with van der Waals surface area (Å²) >= 11 is 5.80. The number of carbonyl (C=O) groups excluding carboxylic acids is 4. The third-order valence-corrected chi connectivity index (χ3v) is 5.26. The highest BCUT2D eigenvalue weighted by atomic mass is 35.5. The normalized spacial score (nSPS) is 18.1. The maximum absolute atomic E-state index is 12.6. The molecule has 1 spiro atoms. The van der Waals surface area contributed by atoms with Gasteiger partial charge in [-0.05, 0) is 30.5 Å². The molecule has 0 aromatic heterocycles. The summed E-state index contributed by atoms with van der Waals surface area (Å²) in [5.74, 6) is -1.68. The van der Waals surface area contributed by atoms with Crippen LogP contribution in [-0.4, -0.2) is 47.4 Å². The first-order valence-electron chi connectivity index (χ1n) is 9.20. The van der Waals surface area contributed by atoms with Crippen molar-refractivity contribution in [1.82, 2.24) is 15.5 Å². The minimum Gasteiger partial charge on any atom is -0.454 e. The van der Waals surface area contributed by atoms with E-state index in [1.54, 1.807) is 24.3 Å². The van der Waals surface area contributed by atoms with Gasteiger partial charge in [0.25, 0.3) is 11.8 Å². The summed E-state index contributed by atoms with van der Waals surface area (Å²) in [4.78, 5) is 49.4. The highest BCUT2D eigenvalue weighted by Gasteiger charge is 2.51. The van der Waals surface area contributed by atoms with E-state index in [4.69, 9.17) is 16.3 Å². The Balaban J connectivity index is 1.43. The maximum Gasteiger partial charge on any atom is 0.326 e. The number of rotatable bonds is 6. The monoisotopic (exact) mass is 407 g/mol. The van der Waals surface area contributed by atoms with Crippen LogP contribution >= 0.6 is 11.6 Å². The molecule has 8 nitrogen and oxygen atoms in total. The first-order valence-corrected chi connectivity index (χ1v) is 9.58. The number of imide groups is 1. The van der Waals surface area contributed by atoms with Crippen LogP contribution in [-0.2, 0) is 25.7 Å². The molecule has 1 aromatic carbocycles. The Kier molecular flexibility index (Phi) is 6.18. The van der Waals surface area contributed by atoms with E-state index in [-0.39, 0.29) is 12.5 Å². The van der Waals surface area contributed by atoms with Gasteiger partial charge in [-0.1, -0.05) is 43.0 Å². The SMILES string of the molecule is O=C(COC(=O)CN1C(=O)NC2(CCCCC2)C1=O)NCc1ccc(Cl)cc1. The number of ether oxygens (including phenoxy) is 1. The molecule has 0 atom stereocenters. The highest BCUT2D eigenvalue weighted by Crippen LogP contribution is 2.33. The van der Waals surface area contributed by atoms with Gasteiger partial charge >= 0.3 is 12.0 Å². The van der Waals surface area contributed by atoms with Gasteiger partial charge in [0.1, 0.15) is 12.1 Å². The minimum atomic E-state index is -0.883. The molecule has 9 heteroatoms. The van der Waals surface area contributed by atoms with Crippen LogP contribution in [0.5, 0.6) is 0 Å². The minimum absolute atomic E-state index is 0.267. The Labute approximate surface area is 167 Å². The second-order valence-corrected chi connectivity index (χ2v) is 7.46. The van der Waals surface area contributed by atoms with E-state index in [1.165, 1.54) is 0 Å². The van der Waals surface area contributed by atoms with Gasteiger partial charge in [0.15, 0.2) is 6.61 Å². The molecule has 150 valence electrons. The fraction of sp³-hybridized carbons (Fsp3) is 0.474. The summed E-state index contributed by atoms with van der Waals surface area (Å²) in [5, 5.41) is 5.93. The molecule has 2 fully saturated rings. The van der Waals surface area contributed by atoms with Crippen molar-refractivity contribution >= 4 is 35.4 Å². The highest BCUT2D eigenvalue weighted by molar-refractivity contribution is 6.30. The van der Waals surface area contributed by atoms with Crippen LogP contribution in [0.25, 0.3) is 0 Å². The van der Waals surface area contributed by atoms with Gasteiger partial charge in [-0.25, -0.2) is 4.79 Å². The van der Waals surface area contributed by atoms with Crippen LogP contribution in [0.3, 0.4) is 0 Å². The zero-order valence-corrected chi connectivity index (χ0v) is 16.1. The summed E-state index contributed by atoms with van der Waals surface area (Å²) in [6.07, 6.45) is 3.90. The van der Waals surface area contributed by atoms with Crippen LogP contribution in [0.1, 0.15) is 37.7 Å². The van der Waals surface area contributed by atoms with E-state index in [0.29, 0.717) is 17.9 Å². The van der Waals surface area contributed by atoms with Gasteiger partial charge in [0.2, 0.25) is 0 Å². The van der Waals surface area contributed by atoms with Crippen LogP contribution in [0, 0.1) is 0 Å². The van der Waals surface area contributed by atoms with E-state index in [0.717, 1.165) is 29.7 Å². The van der Waals surface area contributed by atoms with Crippen molar-refractivity contribution in [3.05, 3.63) is 34.9 Å². The average molecular weight is 408 g/mol. The molecular formula is C19H22ClN3O5. The van der Waals surface area contributed by atoms with E-state index in [9.17, 15) is 19.2 Å². The van der Waals surface area contributed by atoms with Crippen molar-refractivity contribution in [3.8, 4) is 0 Å². The van der Waals surface area contributed by atoms with Crippen molar-refractivity contribution in [1.29, 1.82) is 0 Å². The van der Waals surface area contributed by atoms with Crippen LogP contribution in [0.4, 0.5) is 4.79 Å². The number of nitrogens with one attached hydrogen (secondary N) is 2. The molecule has 4 amide bonds. The third kappa shape index (κ3) is 4.62. The average Bonchev–Trinajstić information content (AvgIpc) is 2.90. The molecule has 2 aliphatic rings. The number of hydrogen-bond acceptors (Lipinski definition) is 5. The van der Waals surface area contributed by atoms with E-state index < -0.39 is 36.6 Å². The number of amides is 4. The Morgan fingerprint density at radius 1 is 1.14 bits per heavy atom. The van der Waals surface area contributed by atoms with Crippen LogP contribution in [0.2, 0.25) is 5.02 Å². The smallest absolute Gasteiger partial charge is 0.326 e. The lowest BCUT2D eigenvalue weighted by atomic mass is 9.82. The summed E-state index contributed by atoms with van der Waals surface area (Å²) in [6.45, 7) is -0.721. The molecule has 3 rings (SSSR count). The van der Waals surface area contributed by atoms with Gasteiger partial charge in [-0.3, -0.25) is 19.3 Å². The molecular weight excluding hydrogens is 386 g/mol. The number of halogens is 1. The largest absolute Gasteiger partial charge is 0.454 e. The van der Waals surface area contributed by atoms with Crippen molar-refractivity contribution in [2.45, 2.75) is 44.2 Å². The summed E-state index contributed by atoms with van der Waals surface area (Å²) in [5.41, 5.74) is -0.0350. The fourth-order valence-electron chi connectivity index (χ4n) is 3.49. The van der Waals surface area contributed by atoms with E-state index >= 15 is 0 Å². The van der Waals surface area contributed by atoms with Gasteiger partial charge in [0, 0.05) is 11.6 Å².